The first kappa shape index (κ1) is 16.4. The van der Waals surface area contributed by atoms with Gasteiger partial charge in [-0.05, 0) is 25.2 Å². The smallest absolute Gasteiger partial charge is 0.253 e. The third-order valence-corrected chi connectivity index (χ3v) is 4.36. The van der Waals surface area contributed by atoms with E-state index >= 15 is 0 Å². The second-order valence-electron chi connectivity index (χ2n) is 6.12. The minimum absolute atomic E-state index is 0.0777. The third-order valence-electron chi connectivity index (χ3n) is 4.05. The number of hydrogen-bond acceptors (Lipinski definition) is 3. The molecule has 7 heteroatoms. The predicted molar refractivity (Wildman–Crippen MR) is 96.9 cm³/mol. The van der Waals surface area contributed by atoms with E-state index in [1.54, 1.807) is 0 Å². The monoisotopic (exact) mass is 343 g/mol. The maximum absolute atomic E-state index is 12.6. The lowest BCUT2D eigenvalue weighted by molar-refractivity contribution is 0.0953. The molecule has 0 radical (unpaired) electrons. The number of rotatable bonds is 5. The summed E-state index contributed by atoms with van der Waals surface area (Å²) >= 11 is 5.26. The highest BCUT2D eigenvalue weighted by Gasteiger charge is 2.16. The standard InChI is InChI=1S/C17H21N5OS/c1-10(2)15-20-21-17(24)22(15)9-8-18-16(23)14-11(3)19-13-7-5-4-6-12(13)14/h4-7,10,19H,8-9H2,1-3H3,(H,18,23)(H,21,24). The zero-order chi connectivity index (χ0) is 17.3. The fourth-order valence-electron chi connectivity index (χ4n) is 2.93. The molecule has 0 aliphatic heterocycles. The molecule has 6 nitrogen and oxygen atoms in total. The van der Waals surface area contributed by atoms with Crippen LogP contribution in [-0.2, 0) is 6.54 Å². The van der Waals surface area contributed by atoms with Crippen molar-refractivity contribution in [1.29, 1.82) is 0 Å². The first-order valence-electron chi connectivity index (χ1n) is 7.99. The van der Waals surface area contributed by atoms with Crippen LogP contribution >= 0.6 is 12.2 Å². The average Bonchev–Trinajstić information content (AvgIpc) is 3.07. The molecule has 2 aromatic heterocycles. The Morgan fingerprint density at radius 3 is 2.88 bits per heavy atom. The summed E-state index contributed by atoms with van der Waals surface area (Å²) in [6.07, 6.45) is 0. The maximum Gasteiger partial charge on any atom is 0.253 e. The summed E-state index contributed by atoms with van der Waals surface area (Å²) in [7, 11) is 0. The number of fused-ring (bicyclic) bond motifs is 1. The topological polar surface area (TPSA) is 78.5 Å². The van der Waals surface area contributed by atoms with Gasteiger partial charge in [-0.1, -0.05) is 32.0 Å². The van der Waals surface area contributed by atoms with Crippen LogP contribution in [0.5, 0.6) is 0 Å². The molecule has 0 aliphatic carbocycles. The lowest BCUT2D eigenvalue weighted by Gasteiger charge is -2.10. The second-order valence-corrected chi connectivity index (χ2v) is 6.51. The van der Waals surface area contributed by atoms with Crippen molar-refractivity contribution in [2.24, 2.45) is 0 Å². The summed E-state index contributed by atoms with van der Waals surface area (Å²) < 4.78 is 2.51. The van der Waals surface area contributed by atoms with Crippen LogP contribution < -0.4 is 5.32 Å². The van der Waals surface area contributed by atoms with E-state index in [1.807, 2.05) is 35.8 Å². The van der Waals surface area contributed by atoms with Crippen LogP contribution in [0.1, 0.15) is 41.6 Å². The molecule has 0 aliphatic rings. The number of hydrogen-bond donors (Lipinski definition) is 3. The Kier molecular flexibility index (Phi) is 4.53. The Hall–Kier alpha value is -2.41. The van der Waals surface area contributed by atoms with E-state index in [0.29, 0.717) is 23.4 Å². The molecule has 3 N–H and O–H groups in total. The van der Waals surface area contributed by atoms with Crippen molar-refractivity contribution < 1.29 is 4.79 Å². The van der Waals surface area contributed by atoms with E-state index in [4.69, 9.17) is 12.2 Å². The average molecular weight is 343 g/mol. The van der Waals surface area contributed by atoms with Gasteiger partial charge in [-0.15, -0.1) is 0 Å². The van der Waals surface area contributed by atoms with Gasteiger partial charge in [-0.25, -0.2) is 0 Å². The van der Waals surface area contributed by atoms with Gasteiger partial charge < -0.3 is 14.9 Å². The summed E-state index contributed by atoms with van der Waals surface area (Å²) in [5.74, 6) is 1.09. The molecule has 0 atom stereocenters. The van der Waals surface area contributed by atoms with Gasteiger partial charge in [0.1, 0.15) is 5.82 Å². The molecule has 1 amide bonds. The van der Waals surface area contributed by atoms with Crippen molar-refractivity contribution in [2.45, 2.75) is 33.2 Å². The number of nitrogens with zero attached hydrogens (tertiary/aromatic N) is 2. The van der Waals surface area contributed by atoms with Crippen molar-refractivity contribution in [3.8, 4) is 0 Å². The van der Waals surface area contributed by atoms with Crippen LogP contribution in [0, 0.1) is 11.7 Å². The number of aryl methyl sites for hydroxylation is 1. The first-order valence-corrected chi connectivity index (χ1v) is 8.40. The molecular weight excluding hydrogens is 322 g/mol. The van der Waals surface area contributed by atoms with Gasteiger partial charge >= 0.3 is 0 Å². The summed E-state index contributed by atoms with van der Waals surface area (Å²) in [6, 6.07) is 7.82. The molecule has 3 rings (SSSR count). The minimum atomic E-state index is -0.0777. The van der Waals surface area contributed by atoms with E-state index in [-0.39, 0.29) is 11.8 Å². The zero-order valence-corrected chi connectivity index (χ0v) is 14.8. The molecule has 1 aromatic carbocycles. The molecule has 0 unspecified atom stereocenters. The van der Waals surface area contributed by atoms with Gasteiger partial charge in [0.15, 0.2) is 4.77 Å². The highest BCUT2D eigenvalue weighted by molar-refractivity contribution is 7.71. The fourth-order valence-corrected chi connectivity index (χ4v) is 3.16. The van der Waals surface area contributed by atoms with Crippen LogP contribution in [0.4, 0.5) is 0 Å². The van der Waals surface area contributed by atoms with Crippen molar-refractivity contribution in [1.82, 2.24) is 25.1 Å². The number of para-hydroxylation sites is 1. The third kappa shape index (κ3) is 2.99. The van der Waals surface area contributed by atoms with Crippen molar-refractivity contribution in [3.05, 3.63) is 46.1 Å². The van der Waals surface area contributed by atoms with Gasteiger partial charge in [-0.2, -0.15) is 5.10 Å². The van der Waals surface area contributed by atoms with E-state index in [1.165, 1.54) is 0 Å². The fraction of sp³-hybridized carbons (Fsp3) is 0.353. The maximum atomic E-state index is 12.6. The Morgan fingerprint density at radius 2 is 2.12 bits per heavy atom. The number of nitrogens with one attached hydrogen (secondary N) is 3. The lowest BCUT2D eigenvalue weighted by atomic mass is 10.1. The Bertz CT molecular complexity index is 934. The molecule has 0 fully saturated rings. The highest BCUT2D eigenvalue weighted by Crippen LogP contribution is 2.21. The van der Waals surface area contributed by atoms with Crippen LogP contribution in [0.2, 0.25) is 0 Å². The van der Waals surface area contributed by atoms with Crippen LogP contribution in [0.15, 0.2) is 24.3 Å². The van der Waals surface area contributed by atoms with Crippen molar-refractivity contribution in [2.75, 3.05) is 6.54 Å². The summed E-state index contributed by atoms with van der Waals surface area (Å²) in [6.45, 7) is 7.13. The minimum Gasteiger partial charge on any atom is -0.358 e. The largest absolute Gasteiger partial charge is 0.358 e. The Morgan fingerprint density at radius 1 is 1.38 bits per heavy atom. The quantitative estimate of drug-likeness (QED) is 0.622. The summed E-state index contributed by atoms with van der Waals surface area (Å²) in [4.78, 5) is 15.8. The Balaban J connectivity index is 1.73. The molecule has 0 saturated heterocycles. The normalized spacial score (nSPS) is 11.3. The second kappa shape index (κ2) is 6.60. The number of amides is 1. The van der Waals surface area contributed by atoms with Gasteiger partial charge in [0, 0.05) is 35.6 Å². The molecule has 2 heterocycles. The molecule has 24 heavy (non-hydrogen) atoms. The lowest BCUT2D eigenvalue weighted by Crippen LogP contribution is -2.28. The molecule has 0 spiro atoms. The predicted octanol–water partition coefficient (Wildman–Crippen LogP) is 3.28. The van der Waals surface area contributed by atoms with E-state index in [2.05, 4.69) is 34.3 Å². The van der Waals surface area contributed by atoms with Crippen LogP contribution in [-0.4, -0.2) is 32.2 Å². The van der Waals surface area contributed by atoms with Crippen LogP contribution in [0.3, 0.4) is 0 Å². The van der Waals surface area contributed by atoms with Crippen LogP contribution in [0.25, 0.3) is 10.9 Å². The zero-order valence-electron chi connectivity index (χ0n) is 14.0. The molecular formula is C17H21N5OS. The Labute approximate surface area is 145 Å². The van der Waals surface area contributed by atoms with E-state index in [9.17, 15) is 4.79 Å². The van der Waals surface area contributed by atoms with Crippen molar-refractivity contribution in [3.63, 3.8) is 0 Å². The first-order chi connectivity index (χ1) is 11.5. The number of aromatic amines is 2. The van der Waals surface area contributed by atoms with Gasteiger partial charge in [0.2, 0.25) is 0 Å². The number of carbonyl (C=O) groups excluding carboxylic acids is 1. The van der Waals surface area contributed by atoms with E-state index < -0.39 is 0 Å². The number of H-pyrrole nitrogens is 2. The van der Waals surface area contributed by atoms with Gasteiger partial charge in [0.05, 0.1) is 5.56 Å². The summed E-state index contributed by atoms with van der Waals surface area (Å²) in [5, 5.41) is 11.0. The SMILES string of the molecule is Cc1[nH]c2ccccc2c1C(=O)NCCn1c(C(C)C)n[nH]c1=S. The molecule has 3 aromatic rings. The van der Waals surface area contributed by atoms with Crippen molar-refractivity contribution >= 4 is 29.0 Å². The van der Waals surface area contributed by atoms with Gasteiger partial charge in [-0.3, -0.25) is 9.89 Å². The molecule has 126 valence electrons. The number of carbonyl (C=O) groups is 1. The molecule has 0 saturated carbocycles. The number of aromatic nitrogens is 4. The van der Waals surface area contributed by atoms with E-state index in [0.717, 1.165) is 22.4 Å². The molecule has 0 bridgehead atoms. The number of benzene rings is 1. The summed E-state index contributed by atoms with van der Waals surface area (Å²) in [5.41, 5.74) is 2.54. The van der Waals surface area contributed by atoms with Gasteiger partial charge in [0.25, 0.3) is 5.91 Å². The highest BCUT2D eigenvalue weighted by atomic mass is 32.1.